The number of benzene rings is 1. The van der Waals surface area contributed by atoms with E-state index < -0.39 is 0 Å². The Morgan fingerprint density at radius 3 is 2.65 bits per heavy atom. The summed E-state index contributed by atoms with van der Waals surface area (Å²) in [6, 6.07) is 5.09. The molecule has 1 atom stereocenters. The molecule has 0 radical (unpaired) electrons. The zero-order valence-electron chi connectivity index (χ0n) is 10.0. The maximum absolute atomic E-state index is 13.2. The van der Waals surface area contributed by atoms with E-state index in [1.165, 1.54) is 6.07 Å². The summed E-state index contributed by atoms with van der Waals surface area (Å²) in [5, 5.41) is 0.574. The summed E-state index contributed by atoms with van der Waals surface area (Å²) in [6.45, 7) is 4.30. The smallest absolute Gasteiger partial charge is 0.124 e. The van der Waals surface area contributed by atoms with Crippen LogP contribution in [0.2, 0.25) is 0 Å². The Hall–Kier alpha value is -0.100. The van der Waals surface area contributed by atoms with Crippen LogP contribution in [0.25, 0.3) is 0 Å². The van der Waals surface area contributed by atoms with Crippen LogP contribution in [0, 0.1) is 5.82 Å². The standard InChI is InChI=1S/C12H18BrFN2S/c1-8(2)17-7-12(16-15)5-9-3-10(13)6-11(14)4-9/h3-4,6,8,12,16H,5,7,15H2,1-2H3. The lowest BCUT2D eigenvalue weighted by molar-refractivity contribution is 0.570. The summed E-state index contributed by atoms with van der Waals surface area (Å²) in [7, 11) is 0. The number of nitrogens with one attached hydrogen (secondary N) is 1. The number of nitrogens with two attached hydrogens (primary N) is 1. The van der Waals surface area contributed by atoms with E-state index in [0.29, 0.717) is 5.25 Å². The molecule has 0 amide bonds. The Balaban J connectivity index is 2.60. The number of hydrogen-bond acceptors (Lipinski definition) is 3. The maximum atomic E-state index is 13.2. The molecule has 1 unspecified atom stereocenters. The van der Waals surface area contributed by atoms with E-state index >= 15 is 0 Å². The molecule has 1 aromatic rings. The second kappa shape index (κ2) is 7.36. The van der Waals surface area contributed by atoms with Gasteiger partial charge in [0.25, 0.3) is 0 Å². The number of hydrazine groups is 1. The van der Waals surface area contributed by atoms with Crippen LogP contribution in [0.1, 0.15) is 19.4 Å². The average Bonchev–Trinajstić information content (AvgIpc) is 2.22. The minimum atomic E-state index is -0.221. The van der Waals surface area contributed by atoms with Crippen molar-refractivity contribution in [1.29, 1.82) is 0 Å². The van der Waals surface area contributed by atoms with Crippen molar-refractivity contribution in [2.75, 3.05) is 5.75 Å². The Labute approximate surface area is 115 Å². The van der Waals surface area contributed by atoms with Crippen LogP contribution in [0.4, 0.5) is 4.39 Å². The van der Waals surface area contributed by atoms with Gasteiger partial charge in [0.15, 0.2) is 0 Å². The molecule has 5 heteroatoms. The highest BCUT2D eigenvalue weighted by Crippen LogP contribution is 2.18. The van der Waals surface area contributed by atoms with Crippen molar-refractivity contribution in [3.63, 3.8) is 0 Å². The van der Waals surface area contributed by atoms with Crippen molar-refractivity contribution >= 4 is 27.7 Å². The number of halogens is 2. The van der Waals surface area contributed by atoms with Crippen LogP contribution in [-0.2, 0) is 6.42 Å². The Bertz CT molecular complexity index is 340. The molecule has 1 aromatic carbocycles. The molecular formula is C12H18BrFN2S. The molecule has 0 aliphatic heterocycles. The maximum Gasteiger partial charge on any atom is 0.124 e. The molecule has 0 heterocycles. The van der Waals surface area contributed by atoms with Crippen molar-refractivity contribution in [3.8, 4) is 0 Å². The van der Waals surface area contributed by atoms with Crippen molar-refractivity contribution in [2.24, 2.45) is 5.84 Å². The van der Waals surface area contributed by atoms with E-state index in [-0.39, 0.29) is 11.9 Å². The lowest BCUT2D eigenvalue weighted by Crippen LogP contribution is -2.39. The van der Waals surface area contributed by atoms with Gasteiger partial charge in [-0.05, 0) is 35.4 Å². The second-order valence-electron chi connectivity index (χ2n) is 4.23. The second-order valence-corrected chi connectivity index (χ2v) is 6.75. The van der Waals surface area contributed by atoms with E-state index in [2.05, 4.69) is 35.2 Å². The third-order valence-corrected chi connectivity index (χ3v) is 3.99. The van der Waals surface area contributed by atoms with Gasteiger partial charge in [-0.2, -0.15) is 11.8 Å². The van der Waals surface area contributed by atoms with Crippen LogP contribution in [0.5, 0.6) is 0 Å². The Kier molecular flexibility index (Phi) is 6.48. The zero-order valence-corrected chi connectivity index (χ0v) is 12.4. The molecule has 17 heavy (non-hydrogen) atoms. The van der Waals surface area contributed by atoms with Crippen LogP contribution >= 0.6 is 27.7 Å². The first-order chi connectivity index (χ1) is 8.01. The van der Waals surface area contributed by atoms with E-state index in [1.807, 2.05) is 17.8 Å². The molecule has 0 aromatic heterocycles. The van der Waals surface area contributed by atoms with Gasteiger partial charge in [0.05, 0.1) is 0 Å². The van der Waals surface area contributed by atoms with Crippen LogP contribution in [0.15, 0.2) is 22.7 Å². The molecule has 0 bridgehead atoms. The monoisotopic (exact) mass is 320 g/mol. The summed E-state index contributed by atoms with van der Waals surface area (Å²) in [5.41, 5.74) is 3.73. The van der Waals surface area contributed by atoms with Crippen LogP contribution in [0.3, 0.4) is 0 Å². The first-order valence-electron chi connectivity index (χ1n) is 5.54. The summed E-state index contributed by atoms with van der Waals surface area (Å²) in [6.07, 6.45) is 0.729. The fraction of sp³-hybridized carbons (Fsp3) is 0.500. The van der Waals surface area contributed by atoms with Gasteiger partial charge >= 0.3 is 0 Å². The molecule has 0 fully saturated rings. The summed E-state index contributed by atoms with van der Waals surface area (Å²) < 4.78 is 14.0. The molecule has 2 nitrogen and oxygen atoms in total. The molecule has 0 spiro atoms. The highest BCUT2D eigenvalue weighted by atomic mass is 79.9. The van der Waals surface area contributed by atoms with Crippen molar-refractivity contribution in [2.45, 2.75) is 31.6 Å². The van der Waals surface area contributed by atoms with E-state index in [1.54, 1.807) is 6.07 Å². The average molecular weight is 321 g/mol. The van der Waals surface area contributed by atoms with Crippen molar-refractivity contribution < 1.29 is 4.39 Å². The minimum Gasteiger partial charge on any atom is -0.271 e. The first-order valence-corrected chi connectivity index (χ1v) is 7.38. The lowest BCUT2D eigenvalue weighted by atomic mass is 10.1. The molecule has 1 rings (SSSR count). The van der Waals surface area contributed by atoms with E-state index in [9.17, 15) is 4.39 Å². The van der Waals surface area contributed by atoms with Gasteiger partial charge in [-0.15, -0.1) is 0 Å². The van der Waals surface area contributed by atoms with Crippen molar-refractivity contribution in [1.82, 2.24) is 5.43 Å². The Morgan fingerprint density at radius 2 is 2.12 bits per heavy atom. The molecule has 0 aliphatic carbocycles. The van der Waals surface area contributed by atoms with E-state index in [0.717, 1.165) is 22.2 Å². The first kappa shape index (κ1) is 15.0. The fourth-order valence-electron chi connectivity index (χ4n) is 1.49. The Morgan fingerprint density at radius 1 is 1.41 bits per heavy atom. The fourth-order valence-corrected chi connectivity index (χ4v) is 2.83. The van der Waals surface area contributed by atoms with Crippen LogP contribution < -0.4 is 11.3 Å². The predicted molar refractivity (Wildman–Crippen MR) is 76.5 cm³/mol. The van der Waals surface area contributed by atoms with Gasteiger partial charge in [-0.25, -0.2) is 4.39 Å². The van der Waals surface area contributed by atoms with Crippen LogP contribution in [-0.4, -0.2) is 17.0 Å². The topological polar surface area (TPSA) is 38.0 Å². The van der Waals surface area contributed by atoms with Gasteiger partial charge in [0, 0.05) is 16.3 Å². The zero-order chi connectivity index (χ0) is 12.8. The summed E-state index contributed by atoms with van der Waals surface area (Å²) in [4.78, 5) is 0. The molecular weight excluding hydrogens is 303 g/mol. The molecule has 0 aliphatic rings. The third-order valence-electron chi connectivity index (χ3n) is 2.27. The lowest BCUT2D eigenvalue weighted by Gasteiger charge is -2.17. The van der Waals surface area contributed by atoms with Gasteiger partial charge in [-0.1, -0.05) is 29.8 Å². The third kappa shape index (κ3) is 5.86. The van der Waals surface area contributed by atoms with E-state index in [4.69, 9.17) is 5.84 Å². The van der Waals surface area contributed by atoms with Crippen molar-refractivity contribution in [3.05, 3.63) is 34.1 Å². The molecule has 0 saturated carbocycles. The number of thioether (sulfide) groups is 1. The quantitative estimate of drug-likeness (QED) is 0.625. The number of hydrogen-bond donors (Lipinski definition) is 2. The molecule has 96 valence electrons. The predicted octanol–water partition coefficient (Wildman–Crippen LogP) is 3.10. The largest absolute Gasteiger partial charge is 0.271 e. The SMILES string of the molecule is CC(C)SCC(Cc1cc(F)cc(Br)c1)NN. The summed E-state index contributed by atoms with van der Waals surface area (Å²) in [5.74, 6) is 6.21. The van der Waals surface area contributed by atoms with Gasteiger partial charge < -0.3 is 0 Å². The molecule has 3 N–H and O–H groups in total. The highest BCUT2D eigenvalue weighted by molar-refractivity contribution is 9.10. The summed E-state index contributed by atoms with van der Waals surface area (Å²) >= 11 is 5.13. The number of rotatable bonds is 6. The minimum absolute atomic E-state index is 0.163. The van der Waals surface area contributed by atoms with Gasteiger partial charge in [0.2, 0.25) is 0 Å². The van der Waals surface area contributed by atoms with Gasteiger partial charge in [-0.3, -0.25) is 11.3 Å². The van der Waals surface area contributed by atoms with Gasteiger partial charge in [0.1, 0.15) is 5.82 Å². The normalized spacial score (nSPS) is 13.1. The highest BCUT2D eigenvalue weighted by Gasteiger charge is 2.10. The molecule has 0 saturated heterocycles.